The molecule has 3 aromatic rings. The molecule has 0 atom stereocenters. The lowest BCUT2D eigenvalue weighted by atomic mass is 10.1. The Morgan fingerprint density at radius 1 is 1.07 bits per heavy atom. The molecular weight excluding hydrogens is 420 g/mol. The number of rotatable bonds is 4. The van der Waals surface area contributed by atoms with Crippen LogP contribution in [0, 0.1) is 18.6 Å². The number of hydrogen-bond donors (Lipinski definition) is 0. The van der Waals surface area contributed by atoms with Crippen molar-refractivity contribution in [2.75, 3.05) is 6.26 Å². The fourth-order valence-corrected chi connectivity index (χ4v) is 3.52. The van der Waals surface area contributed by atoms with E-state index in [1.165, 1.54) is 12.1 Å². The van der Waals surface area contributed by atoms with Crippen LogP contribution in [0.2, 0.25) is 5.02 Å². The van der Waals surface area contributed by atoms with Gasteiger partial charge in [-0.1, -0.05) is 17.7 Å². The molecule has 148 valence electrons. The van der Waals surface area contributed by atoms with Crippen molar-refractivity contribution in [1.82, 2.24) is 9.78 Å². The van der Waals surface area contributed by atoms with E-state index in [1.54, 1.807) is 13.0 Å². The van der Waals surface area contributed by atoms with E-state index in [1.807, 2.05) is 0 Å². The molecule has 4 nitrogen and oxygen atoms in total. The Labute approximate surface area is 163 Å². The zero-order valence-electron chi connectivity index (χ0n) is 14.6. The molecule has 0 aliphatic rings. The number of sulfone groups is 1. The molecule has 0 spiro atoms. The molecule has 1 heterocycles. The largest absolute Gasteiger partial charge is 0.282 e. The molecule has 0 aliphatic heterocycles. The van der Waals surface area contributed by atoms with Gasteiger partial charge in [0.2, 0.25) is 0 Å². The number of aromatic nitrogens is 2. The first-order valence-corrected chi connectivity index (χ1v) is 10.1. The van der Waals surface area contributed by atoms with Gasteiger partial charge in [-0.15, -0.1) is 0 Å². The summed E-state index contributed by atoms with van der Waals surface area (Å²) in [6.45, 7) is 1.74. The van der Waals surface area contributed by atoms with Crippen LogP contribution in [0.5, 0.6) is 0 Å². The maximum absolute atomic E-state index is 14.6. The van der Waals surface area contributed by atoms with Gasteiger partial charge in [0.05, 0.1) is 11.4 Å². The molecule has 10 heteroatoms. The van der Waals surface area contributed by atoms with Crippen molar-refractivity contribution < 1.29 is 26.0 Å². The van der Waals surface area contributed by atoms with Crippen LogP contribution in [0.3, 0.4) is 0 Å². The van der Waals surface area contributed by atoms with Crippen LogP contribution in [-0.2, 0) is 9.84 Å². The molecule has 0 amide bonds. The third kappa shape index (κ3) is 3.77. The summed E-state index contributed by atoms with van der Waals surface area (Å²) in [6.07, 6.45) is -2.22. The van der Waals surface area contributed by atoms with E-state index >= 15 is 0 Å². The standard InChI is InChI=1S/C18H13ClF4N2O2S/c1-9-3-4-10(5-12(9)19)25-16(8-15(24-25)18(22)23)11-6-14(21)17(7-13(11)20)28(2,26)27/h3-8,18H,1-2H3. The first-order valence-electron chi connectivity index (χ1n) is 7.83. The zero-order valence-corrected chi connectivity index (χ0v) is 16.1. The highest BCUT2D eigenvalue weighted by Crippen LogP contribution is 2.33. The van der Waals surface area contributed by atoms with E-state index in [-0.39, 0.29) is 11.4 Å². The average molecular weight is 433 g/mol. The second kappa shape index (κ2) is 7.21. The Hall–Kier alpha value is -2.39. The fraction of sp³-hybridized carbons (Fsp3) is 0.167. The maximum Gasteiger partial charge on any atom is 0.282 e. The van der Waals surface area contributed by atoms with Crippen LogP contribution in [0.4, 0.5) is 17.6 Å². The molecule has 2 aromatic carbocycles. The Bertz CT molecular complexity index is 1180. The molecule has 0 aliphatic carbocycles. The monoisotopic (exact) mass is 432 g/mol. The second-order valence-electron chi connectivity index (χ2n) is 6.14. The summed E-state index contributed by atoms with van der Waals surface area (Å²) in [6, 6.07) is 6.67. The summed E-state index contributed by atoms with van der Waals surface area (Å²) < 4.78 is 79.4. The van der Waals surface area contributed by atoms with E-state index < -0.39 is 44.1 Å². The van der Waals surface area contributed by atoms with Crippen LogP contribution >= 0.6 is 11.6 Å². The predicted octanol–water partition coefficient (Wildman–Crippen LogP) is 5.12. The smallest absolute Gasteiger partial charge is 0.232 e. The van der Waals surface area contributed by atoms with Crippen molar-refractivity contribution in [2.45, 2.75) is 18.2 Å². The number of aryl methyl sites for hydroxylation is 1. The fourth-order valence-electron chi connectivity index (χ4n) is 2.62. The third-order valence-corrected chi connectivity index (χ3v) is 5.57. The van der Waals surface area contributed by atoms with Gasteiger partial charge >= 0.3 is 0 Å². The number of alkyl halides is 2. The first kappa shape index (κ1) is 20.3. The zero-order chi connectivity index (χ0) is 20.8. The van der Waals surface area contributed by atoms with Crippen molar-refractivity contribution in [1.29, 1.82) is 0 Å². The highest BCUT2D eigenvalue weighted by Gasteiger charge is 2.23. The van der Waals surface area contributed by atoms with E-state index in [4.69, 9.17) is 11.6 Å². The van der Waals surface area contributed by atoms with Crippen molar-refractivity contribution in [3.63, 3.8) is 0 Å². The normalized spacial score (nSPS) is 12.0. The van der Waals surface area contributed by atoms with Crippen molar-refractivity contribution in [3.05, 3.63) is 64.3 Å². The topological polar surface area (TPSA) is 52.0 Å². The Morgan fingerprint density at radius 2 is 1.75 bits per heavy atom. The lowest BCUT2D eigenvalue weighted by Gasteiger charge is -2.11. The van der Waals surface area contributed by atoms with Crippen LogP contribution in [0.1, 0.15) is 17.7 Å². The summed E-state index contributed by atoms with van der Waals surface area (Å²) in [7, 11) is -4.01. The highest BCUT2D eigenvalue weighted by atomic mass is 35.5. The van der Waals surface area contributed by atoms with Crippen LogP contribution in [-0.4, -0.2) is 24.5 Å². The molecule has 3 rings (SSSR count). The summed E-state index contributed by atoms with van der Waals surface area (Å²) in [4.78, 5) is -0.827. The van der Waals surface area contributed by atoms with Gasteiger partial charge in [0.25, 0.3) is 6.43 Å². The molecule has 28 heavy (non-hydrogen) atoms. The minimum atomic E-state index is -4.01. The highest BCUT2D eigenvalue weighted by molar-refractivity contribution is 7.90. The van der Waals surface area contributed by atoms with Gasteiger partial charge in [0.15, 0.2) is 9.84 Å². The van der Waals surface area contributed by atoms with E-state index in [0.717, 1.165) is 22.6 Å². The Balaban J connectivity index is 2.27. The van der Waals surface area contributed by atoms with Gasteiger partial charge < -0.3 is 0 Å². The number of hydrogen-bond acceptors (Lipinski definition) is 3. The van der Waals surface area contributed by atoms with Crippen LogP contribution in [0.15, 0.2) is 41.3 Å². The molecule has 1 aromatic heterocycles. The quantitative estimate of drug-likeness (QED) is 0.538. The second-order valence-corrected chi connectivity index (χ2v) is 8.53. The van der Waals surface area contributed by atoms with Gasteiger partial charge in [0.1, 0.15) is 22.2 Å². The molecular formula is C18H13ClF4N2O2S. The summed E-state index contributed by atoms with van der Waals surface area (Å²) >= 11 is 6.07. The maximum atomic E-state index is 14.6. The van der Waals surface area contributed by atoms with E-state index in [9.17, 15) is 26.0 Å². The summed E-state index contributed by atoms with van der Waals surface area (Å²) in [5, 5.41) is 4.10. The average Bonchev–Trinajstić information content (AvgIpc) is 3.03. The van der Waals surface area contributed by atoms with Gasteiger partial charge in [-0.3, -0.25) is 0 Å². The molecule has 0 N–H and O–H groups in total. The number of benzene rings is 2. The van der Waals surface area contributed by atoms with Gasteiger partial charge in [-0.25, -0.2) is 30.7 Å². The Morgan fingerprint density at radius 3 is 2.32 bits per heavy atom. The van der Waals surface area contributed by atoms with Crippen LogP contribution < -0.4 is 0 Å². The van der Waals surface area contributed by atoms with Crippen molar-refractivity contribution >= 4 is 21.4 Å². The molecule has 0 fully saturated rings. The minimum Gasteiger partial charge on any atom is -0.232 e. The van der Waals surface area contributed by atoms with Crippen LogP contribution in [0.25, 0.3) is 16.9 Å². The van der Waals surface area contributed by atoms with E-state index in [2.05, 4.69) is 5.10 Å². The minimum absolute atomic E-state index is 0.174. The molecule has 0 saturated carbocycles. The van der Waals surface area contributed by atoms with Crippen molar-refractivity contribution in [3.8, 4) is 16.9 Å². The van der Waals surface area contributed by atoms with Crippen molar-refractivity contribution in [2.24, 2.45) is 0 Å². The lowest BCUT2D eigenvalue weighted by molar-refractivity contribution is 0.145. The lowest BCUT2D eigenvalue weighted by Crippen LogP contribution is -2.05. The molecule has 0 radical (unpaired) electrons. The predicted molar refractivity (Wildman–Crippen MR) is 96.7 cm³/mol. The number of halogens is 5. The van der Waals surface area contributed by atoms with E-state index in [0.29, 0.717) is 17.2 Å². The first-order chi connectivity index (χ1) is 13.0. The molecule has 0 bridgehead atoms. The Kier molecular flexibility index (Phi) is 5.24. The number of nitrogens with zero attached hydrogens (tertiary/aromatic N) is 2. The molecule has 0 saturated heterocycles. The summed E-state index contributed by atoms with van der Waals surface area (Å²) in [5.41, 5.74) is -0.265. The SMILES string of the molecule is Cc1ccc(-n2nc(C(F)F)cc2-c2cc(F)c(S(C)(=O)=O)cc2F)cc1Cl. The summed E-state index contributed by atoms with van der Waals surface area (Å²) in [5.74, 6) is -2.30. The van der Waals surface area contributed by atoms with Gasteiger partial charge in [-0.2, -0.15) is 5.10 Å². The third-order valence-electron chi connectivity index (χ3n) is 4.05. The van der Waals surface area contributed by atoms with Gasteiger partial charge in [-0.05, 0) is 42.8 Å². The van der Waals surface area contributed by atoms with Gasteiger partial charge in [0, 0.05) is 16.8 Å². The molecule has 0 unspecified atom stereocenters.